The fourth-order valence-electron chi connectivity index (χ4n) is 2.07. The molecule has 0 radical (unpaired) electrons. The summed E-state index contributed by atoms with van der Waals surface area (Å²) in [7, 11) is 0. The number of furan rings is 1. The number of anilines is 1. The standard InChI is InChI=1S/C16H14N2O2S/c1-10-7-8-13-12(17-10)9-14(20-13)16(19)18-11-5-3-4-6-15(11)21-2/h3-9H,1-2H3,(H,18,19). The molecule has 1 aromatic carbocycles. The van der Waals surface area contributed by atoms with Gasteiger partial charge in [-0.1, -0.05) is 12.1 Å². The maximum atomic E-state index is 12.3. The number of hydrogen-bond acceptors (Lipinski definition) is 4. The maximum absolute atomic E-state index is 12.3. The zero-order valence-corrected chi connectivity index (χ0v) is 12.5. The number of hydrogen-bond donors (Lipinski definition) is 1. The van der Waals surface area contributed by atoms with Gasteiger partial charge in [0, 0.05) is 16.7 Å². The molecule has 106 valence electrons. The second-order valence-corrected chi connectivity index (χ2v) is 5.45. The number of benzene rings is 1. The minimum absolute atomic E-state index is 0.263. The van der Waals surface area contributed by atoms with Crippen LogP contribution in [0.5, 0.6) is 0 Å². The van der Waals surface area contributed by atoms with Crippen molar-refractivity contribution in [1.82, 2.24) is 4.98 Å². The lowest BCUT2D eigenvalue weighted by atomic mass is 10.3. The first-order valence-electron chi connectivity index (χ1n) is 6.49. The summed E-state index contributed by atoms with van der Waals surface area (Å²) in [6.07, 6.45) is 1.97. The molecule has 4 nitrogen and oxygen atoms in total. The molecule has 5 heteroatoms. The Morgan fingerprint density at radius 2 is 2.05 bits per heavy atom. The highest BCUT2D eigenvalue weighted by atomic mass is 32.2. The lowest BCUT2D eigenvalue weighted by molar-refractivity contribution is 0.0998. The zero-order valence-electron chi connectivity index (χ0n) is 11.7. The van der Waals surface area contributed by atoms with Crippen LogP contribution in [0.25, 0.3) is 11.1 Å². The second-order valence-electron chi connectivity index (χ2n) is 4.60. The molecule has 0 saturated heterocycles. The van der Waals surface area contributed by atoms with E-state index in [4.69, 9.17) is 4.42 Å². The minimum Gasteiger partial charge on any atom is -0.449 e. The van der Waals surface area contributed by atoms with Gasteiger partial charge in [0.25, 0.3) is 5.91 Å². The SMILES string of the molecule is CSc1ccccc1NC(=O)c1cc2nc(C)ccc2o1. The molecular weight excluding hydrogens is 284 g/mol. The normalized spacial score (nSPS) is 10.8. The zero-order chi connectivity index (χ0) is 14.8. The fraction of sp³-hybridized carbons (Fsp3) is 0.125. The smallest absolute Gasteiger partial charge is 0.291 e. The van der Waals surface area contributed by atoms with Gasteiger partial charge >= 0.3 is 0 Å². The van der Waals surface area contributed by atoms with Gasteiger partial charge in [-0.05, 0) is 37.4 Å². The molecule has 0 aliphatic carbocycles. The lowest BCUT2D eigenvalue weighted by Gasteiger charge is -2.07. The van der Waals surface area contributed by atoms with Gasteiger partial charge in [0.1, 0.15) is 5.52 Å². The van der Waals surface area contributed by atoms with Gasteiger partial charge in [-0.15, -0.1) is 11.8 Å². The third-order valence-corrected chi connectivity index (χ3v) is 3.89. The summed E-state index contributed by atoms with van der Waals surface area (Å²) in [4.78, 5) is 17.6. The molecule has 0 fully saturated rings. The van der Waals surface area contributed by atoms with Crippen LogP contribution in [0.4, 0.5) is 5.69 Å². The maximum Gasteiger partial charge on any atom is 0.291 e. The number of fused-ring (bicyclic) bond motifs is 1. The van der Waals surface area contributed by atoms with E-state index in [-0.39, 0.29) is 11.7 Å². The van der Waals surface area contributed by atoms with Crippen LogP contribution in [0, 0.1) is 6.92 Å². The number of pyridine rings is 1. The first-order chi connectivity index (χ1) is 10.2. The molecule has 2 heterocycles. The average Bonchev–Trinajstić information content (AvgIpc) is 2.91. The highest BCUT2D eigenvalue weighted by Gasteiger charge is 2.14. The van der Waals surface area contributed by atoms with Crippen molar-refractivity contribution < 1.29 is 9.21 Å². The lowest BCUT2D eigenvalue weighted by Crippen LogP contribution is -2.11. The van der Waals surface area contributed by atoms with Crippen molar-refractivity contribution >= 4 is 34.5 Å². The molecule has 1 amide bonds. The minimum atomic E-state index is -0.271. The topological polar surface area (TPSA) is 55.1 Å². The number of nitrogens with zero attached hydrogens (tertiary/aromatic N) is 1. The Balaban J connectivity index is 1.90. The van der Waals surface area contributed by atoms with Crippen LogP contribution in [-0.2, 0) is 0 Å². The fourth-order valence-corrected chi connectivity index (χ4v) is 2.62. The third kappa shape index (κ3) is 2.78. The molecule has 0 atom stereocenters. The van der Waals surface area contributed by atoms with Crippen molar-refractivity contribution in [2.45, 2.75) is 11.8 Å². The first-order valence-corrected chi connectivity index (χ1v) is 7.71. The van der Waals surface area contributed by atoms with Gasteiger partial charge in [0.05, 0.1) is 5.69 Å². The van der Waals surface area contributed by atoms with E-state index in [0.29, 0.717) is 11.1 Å². The Bertz CT molecular complexity index is 811. The van der Waals surface area contributed by atoms with Crippen LogP contribution in [0.1, 0.15) is 16.2 Å². The molecule has 0 unspecified atom stereocenters. The molecular formula is C16H14N2O2S. The number of carbonyl (C=O) groups is 1. The average molecular weight is 298 g/mol. The van der Waals surface area contributed by atoms with Crippen LogP contribution >= 0.6 is 11.8 Å². The van der Waals surface area contributed by atoms with Crippen molar-refractivity contribution in [1.29, 1.82) is 0 Å². The number of carbonyl (C=O) groups excluding carboxylic acids is 1. The number of thioether (sulfide) groups is 1. The van der Waals surface area contributed by atoms with Crippen LogP contribution in [0.3, 0.4) is 0 Å². The van der Waals surface area contributed by atoms with Gasteiger partial charge in [-0.25, -0.2) is 4.98 Å². The van der Waals surface area contributed by atoms with Gasteiger partial charge < -0.3 is 9.73 Å². The van der Waals surface area contributed by atoms with Crippen LogP contribution in [0.2, 0.25) is 0 Å². The van der Waals surface area contributed by atoms with E-state index in [1.165, 1.54) is 0 Å². The summed E-state index contributed by atoms with van der Waals surface area (Å²) in [5, 5.41) is 2.87. The number of rotatable bonds is 3. The molecule has 0 aliphatic rings. The quantitative estimate of drug-likeness (QED) is 0.739. The van der Waals surface area contributed by atoms with Gasteiger partial charge in [0.15, 0.2) is 11.3 Å². The number of aryl methyl sites for hydroxylation is 1. The summed E-state index contributed by atoms with van der Waals surface area (Å²) in [5.41, 5.74) is 2.98. The summed E-state index contributed by atoms with van der Waals surface area (Å²) in [6, 6.07) is 13.0. The summed E-state index contributed by atoms with van der Waals surface area (Å²) < 4.78 is 5.55. The van der Waals surface area contributed by atoms with E-state index >= 15 is 0 Å². The Morgan fingerprint density at radius 1 is 1.24 bits per heavy atom. The third-order valence-electron chi connectivity index (χ3n) is 3.09. The predicted molar refractivity (Wildman–Crippen MR) is 84.9 cm³/mol. The number of para-hydroxylation sites is 1. The molecule has 1 N–H and O–H groups in total. The van der Waals surface area contributed by atoms with E-state index in [9.17, 15) is 4.79 Å². The van der Waals surface area contributed by atoms with Crippen molar-refractivity contribution in [3.63, 3.8) is 0 Å². The van der Waals surface area contributed by atoms with E-state index in [2.05, 4.69) is 10.3 Å². The van der Waals surface area contributed by atoms with Crippen LogP contribution in [-0.4, -0.2) is 17.1 Å². The summed E-state index contributed by atoms with van der Waals surface area (Å²) in [5.74, 6) is -0.00819. The van der Waals surface area contributed by atoms with E-state index < -0.39 is 0 Å². The number of aromatic nitrogens is 1. The molecule has 21 heavy (non-hydrogen) atoms. The summed E-state index contributed by atoms with van der Waals surface area (Å²) >= 11 is 1.58. The van der Waals surface area contributed by atoms with Crippen molar-refractivity contribution in [3.05, 3.63) is 53.9 Å². The Morgan fingerprint density at radius 3 is 2.86 bits per heavy atom. The molecule has 0 aliphatic heterocycles. The molecule has 0 bridgehead atoms. The van der Waals surface area contributed by atoms with Gasteiger partial charge in [0.2, 0.25) is 0 Å². The highest BCUT2D eigenvalue weighted by molar-refractivity contribution is 7.98. The predicted octanol–water partition coefficient (Wildman–Crippen LogP) is 4.11. The molecule has 2 aromatic heterocycles. The van der Waals surface area contributed by atoms with E-state index in [1.807, 2.05) is 49.6 Å². The van der Waals surface area contributed by atoms with Crippen molar-refractivity contribution in [2.24, 2.45) is 0 Å². The van der Waals surface area contributed by atoms with Gasteiger partial charge in [-0.3, -0.25) is 4.79 Å². The highest BCUT2D eigenvalue weighted by Crippen LogP contribution is 2.26. The van der Waals surface area contributed by atoms with Crippen molar-refractivity contribution in [2.75, 3.05) is 11.6 Å². The summed E-state index contributed by atoms with van der Waals surface area (Å²) in [6.45, 7) is 1.90. The molecule has 3 rings (SSSR count). The first kappa shape index (κ1) is 13.7. The van der Waals surface area contributed by atoms with Crippen LogP contribution in [0.15, 0.2) is 51.8 Å². The monoisotopic (exact) mass is 298 g/mol. The number of nitrogens with one attached hydrogen (secondary N) is 1. The van der Waals surface area contributed by atoms with E-state index in [1.54, 1.807) is 17.8 Å². The second kappa shape index (κ2) is 5.61. The van der Waals surface area contributed by atoms with Crippen LogP contribution < -0.4 is 5.32 Å². The Hall–Kier alpha value is -2.27. The van der Waals surface area contributed by atoms with Crippen molar-refractivity contribution in [3.8, 4) is 0 Å². The molecule has 0 spiro atoms. The largest absolute Gasteiger partial charge is 0.449 e. The Labute approximate surface area is 126 Å². The Kier molecular flexibility index (Phi) is 3.66. The molecule has 3 aromatic rings. The number of amides is 1. The van der Waals surface area contributed by atoms with Gasteiger partial charge in [-0.2, -0.15) is 0 Å². The van der Waals surface area contributed by atoms with E-state index in [0.717, 1.165) is 16.3 Å². The molecule has 0 saturated carbocycles.